The van der Waals surface area contributed by atoms with Crippen molar-refractivity contribution in [2.45, 2.75) is 39.2 Å². The first kappa shape index (κ1) is 18.2. The monoisotopic (exact) mass is 385 g/mol. The van der Waals surface area contributed by atoms with Crippen molar-refractivity contribution in [1.82, 2.24) is 9.99 Å². The molecule has 0 aliphatic heterocycles. The zero-order valence-electron chi connectivity index (χ0n) is 16.8. The molecule has 1 amide bonds. The molecule has 0 saturated heterocycles. The van der Waals surface area contributed by atoms with Crippen LogP contribution in [0.5, 0.6) is 0 Å². The zero-order chi connectivity index (χ0) is 19.8. The number of nitrogens with zero attached hydrogens (tertiary/aromatic N) is 2. The van der Waals surface area contributed by atoms with Crippen molar-refractivity contribution in [2.24, 2.45) is 22.4 Å². The highest BCUT2D eigenvalue weighted by Crippen LogP contribution is 2.66. The maximum absolute atomic E-state index is 12.6. The van der Waals surface area contributed by atoms with Crippen molar-refractivity contribution >= 4 is 23.0 Å². The third kappa shape index (κ3) is 3.27. The van der Waals surface area contributed by atoms with Gasteiger partial charge >= 0.3 is 0 Å². The minimum absolute atomic E-state index is 0.0867. The van der Waals surface area contributed by atoms with E-state index in [0.29, 0.717) is 5.92 Å². The molecule has 1 N–H and O–H groups in total. The molecule has 2 aliphatic rings. The van der Waals surface area contributed by atoms with E-state index in [1.807, 2.05) is 12.1 Å². The van der Waals surface area contributed by atoms with Crippen LogP contribution in [0.2, 0.25) is 0 Å². The third-order valence-corrected chi connectivity index (χ3v) is 7.01. The van der Waals surface area contributed by atoms with E-state index >= 15 is 0 Å². The van der Waals surface area contributed by atoms with Gasteiger partial charge in [0.1, 0.15) is 0 Å². The Morgan fingerprint density at radius 3 is 2.76 bits per heavy atom. The fourth-order valence-electron chi connectivity index (χ4n) is 5.37. The van der Waals surface area contributed by atoms with Gasteiger partial charge in [-0.1, -0.05) is 68.3 Å². The summed E-state index contributed by atoms with van der Waals surface area (Å²) in [7, 11) is 0. The number of rotatable bonds is 5. The largest absolute Gasteiger partial charge is 0.342 e. The van der Waals surface area contributed by atoms with Crippen LogP contribution in [0, 0.1) is 17.3 Å². The van der Waals surface area contributed by atoms with E-state index < -0.39 is 0 Å². The summed E-state index contributed by atoms with van der Waals surface area (Å²) in [5, 5.41) is 5.47. The Labute approximate surface area is 171 Å². The molecule has 2 aliphatic carbocycles. The summed E-state index contributed by atoms with van der Waals surface area (Å²) in [5.74, 6) is 0.782. The lowest BCUT2D eigenvalue weighted by Gasteiger charge is -2.15. The van der Waals surface area contributed by atoms with E-state index in [1.165, 1.54) is 36.8 Å². The molecule has 2 fully saturated rings. The van der Waals surface area contributed by atoms with Crippen molar-refractivity contribution in [2.75, 3.05) is 0 Å². The molecule has 0 bridgehead atoms. The van der Waals surface area contributed by atoms with Gasteiger partial charge in [0.25, 0.3) is 0 Å². The molecule has 29 heavy (non-hydrogen) atoms. The zero-order valence-corrected chi connectivity index (χ0v) is 16.8. The van der Waals surface area contributed by atoms with Crippen LogP contribution < -0.4 is 5.43 Å². The highest BCUT2D eigenvalue weighted by molar-refractivity contribution is 5.99. The van der Waals surface area contributed by atoms with Gasteiger partial charge in [-0.15, -0.1) is 0 Å². The maximum Gasteiger partial charge on any atom is 0.244 e. The van der Waals surface area contributed by atoms with Crippen molar-refractivity contribution in [3.05, 3.63) is 71.9 Å². The SMILES string of the molecule is C[C@]12CCCC[C@H]1[C@@H]2C(=O)N/N=C\c1cn(Cc2ccccc2)c2ccccc12. The molecule has 148 valence electrons. The van der Waals surface area contributed by atoms with Crippen LogP contribution in [-0.2, 0) is 11.3 Å². The van der Waals surface area contributed by atoms with Gasteiger partial charge in [-0.3, -0.25) is 4.79 Å². The second kappa shape index (κ2) is 7.18. The average Bonchev–Trinajstić information content (AvgIpc) is 3.25. The predicted octanol–water partition coefficient (Wildman–Crippen LogP) is 4.97. The van der Waals surface area contributed by atoms with Gasteiger partial charge in [-0.25, -0.2) is 5.43 Å². The lowest BCUT2D eigenvalue weighted by atomic mass is 9.90. The Kier molecular flexibility index (Phi) is 4.50. The highest BCUT2D eigenvalue weighted by atomic mass is 16.2. The number of benzene rings is 2. The number of para-hydroxylation sites is 1. The first-order valence-electron chi connectivity index (χ1n) is 10.6. The first-order chi connectivity index (χ1) is 14.2. The number of hydrazone groups is 1. The van der Waals surface area contributed by atoms with E-state index in [0.717, 1.165) is 17.5 Å². The molecule has 4 nitrogen and oxygen atoms in total. The molecule has 5 rings (SSSR count). The molecule has 1 heterocycles. The Bertz CT molecular complexity index is 1070. The molecule has 2 saturated carbocycles. The van der Waals surface area contributed by atoms with Gasteiger partial charge in [0.15, 0.2) is 0 Å². The number of hydrogen-bond donors (Lipinski definition) is 1. The maximum atomic E-state index is 12.6. The molecule has 2 aromatic carbocycles. The molecule has 3 atom stereocenters. The Morgan fingerprint density at radius 2 is 1.97 bits per heavy atom. The summed E-state index contributed by atoms with van der Waals surface area (Å²) >= 11 is 0. The molecule has 0 unspecified atom stereocenters. The summed E-state index contributed by atoms with van der Waals surface area (Å²) in [6, 6.07) is 18.8. The van der Waals surface area contributed by atoms with Crippen LogP contribution in [0.3, 0.4) is 0 Å². The lowest BCUT2D eigenvalue weighted by Crippen LogP contribution is -2.22. The Balaban J connectivity index is 1.33. The van der Waals surface area contributed by atoms with Gasteiger partial charge in [-0.2, -0.15) is 5.10 Å². The number of hydrogen-bond acceptors (Lipinski definition) is 2. The smallest absolute Gasteiger partial charge is 0.244 e. The Morgan fingerprint density at radius 1 is 1.17 bits per heavy atom. The number of carbonyl (C=O) groups is 1. The fraction of sp³-hybridized carbons (Fsp3) is 0.360. The van der Waals surface area contributed by atoms with Gasteiger partial charge in [0.05, 0.1) is 6.21 Å². The van der Waals surface area contributed by atoms with Crippen molar-refractivity contribution in [3.63, 3.8) is 0 Å². The topological polar surface area (TPSA) is 46.4 Å². The van der Waals surface area contributed by atoms with E-state index in [-0.39, 0.29) is 17.2 Å². The normalized spacial score (nSPS) is 25.8. The number of amides is 1. The summed E-state index contributed by atoms with van der Waals surface area (Å²) in [6.45, 7) is 3.08. The summed E-state index contributed by atoms with van der Waals surface area (Å²) < 4.78 is 2.24. The highest BCUT2D eigenvalue weighted by Gasteiger charge is 2.64. The minimum atomic E-state index is 0.0867. The van der Waals surface area contributed by atoms with Crippen LogP contribution in [-0.4, -0.2) is 16.7 Å². The first-order valence-corrected chi connectivity index (χ1v) is 10.6. The van der Waals surface area contributed by atoms with E-state index in [2.05, 4.69) is 70.7 Å². The van der Waals surface area contributed by atoms with Crippen LogP contribution >= 0.6 is 0 Å². The predicted molar refractivity (Wildman–Crippen MR) is 117 cm³/mol. The number of aromatic nitrogens is 1. The van der Waals surface area contributed by atoms with Gasteiger partial charge in [0, 0.05) is 35.1 Å². The van der Waals surface area contributed by atoms with Crippen LogP contribution in [0.25, 0.3) is 10.9 Å². The molecule has 0 spiro atoms. The second-order valence-corrected chi connectivity index (χ2v) is 8.79. The molecule has 3 aromatic rings. The number of fused-ring (bicyclic) bond motifs is 2. The van der Waals surface area contributed by atoms with Gasteiger partial charge in [0.2, 0.25) is 5.91 Å². The lowest BCUT2D eigenvalue weighted by molar-refractivity contribution is -0.123. The van der Waals surface area contributed by atoms with E-state index in [4.69, 9.17) is 0 Å². The summed E-state index contributed by atoms with van der Waals surface area (Å²) in [6.07, 6.45) is 8.77. The average molecular weight is 386 g/mol. The van der Waals surface area contributed by atoms with Crippen molar-refractivity contribution in [3.8, 4) is 0 Å². The van der Waals surface area contributed by atoms with Crippen molar-refractivity contribution < 1.29 is 4.79 Å². The fourth-order valence-corrected chi connectivity index (χ4v) is 5.37. The summed E-state index contributed by atoms with van der Waals surface area (Å²) in [4.78, 5) is 12.6. The third-order valence-electron chi connectivity index (χ3n) is 7.01. The summed E-state index contributed by atoms with van der Waals surface area (Å²) in [5.41, 5.74) is 6.49. The van der Waals surface area contributed by atoms with Gasteiger partial charge < -0.3 is 4.57 Å². The van der Waals surface area contributed by atoms with E-state index in [9.17, 15) is 4.79 Å². The quantitative estimate of drug-likeness (QED) is 0.489. The number of nitrogens with one attached hydrogen (secondary N) is 1. The van der Waals surface area contributed by atoms with E-state index in [1.54, 1.807) is 6.21 Å². The molecule has 1 aromatic heterocycles. The minimum Gasteiger partial charge on any atom is -0.342 e. The molecular formula is C25H27N3O. The second-order valence-electron chi connectivity index (χ2n) is 8.79. The molecular weight excluding hydrogens is 358 g/mol. The molecule has 0 radical (unpaired) electrons. The van der Waals surface area contributed by atoms with Crippen LogP contribution in [0.1, 0.15) is 43.7 Å². The van der Waals surface area contributed by atoms with Crippen molar-refractivity contribution in [1.29, 1.82) is 0 Å². The molecule has 4 heteroatoms. The van der Waals surface area contributed by atoms with Crippen LogP contribution in [0.15, 0.2) is 65.9 Å². The van der Waals surface area contributed by atoms with Crippen LogP contribution in [0.4, 0.5) is 0 Å². The van der Waals surface area contributed by atoms with Gasteiger partial charge in [-0.05, 0) is 35.8 Å². The Hall–Kier alpha value is -2.88. The number of carbonyl (C=O) groups excluding carboxylic acids is 1. The standard InChI is InChI=1S/C25H27N3O/c1-25-14-8-7-12-21(25)23(25)24(29)27-26-15-19-17-28(16-18-9-3-2-4-10-18)22-13-6-5-11-20(19)22/h2-6,9-11,13,15,17,21,23H,7-8,12,14,16H2,1H3,(H,27,29)/b26-15-/t21-,23+,25-/m0/s1.